The maximum Gasteiger partial charge on any atom is 0.303 e. The Labute approximate surface area is 194 Å². The molecule has 5 N–H and O–H groups in total. The first kappa shape index (κ1) is 28.5. The van der Waals surface area contributed by atoms with Gasteiger partial charge in [-0.15, -0.1) is 0 Å². The molecule has 0 spiro atoms. The minimum Gasteiger partial charge on any atom is -0.481 e. The number of aliphatic carboxylic acids is 1. The SMILES string of the molecule is CC(=O)C(CC(C)C)NC(=O)C(C)N1C(C)CC(NC(=O)CCNC(=O)CCC(=O)O)C1O. The Kier molecular flexibility index (Phi) is 11.4. The van der Waals surface area contributed by atoms with Gasteiger partial charge in [0, 0.05) is 25.4 Å². The lowest BCUT2D eigenvalue weighted by Crippen LogP contribution is -2.55. The normalized spacial score (nSPS) is 22.5. The second-order valence-corrected chi connectivity index (χ2v) is 9.09. The van der Waals surface area contributed by atoms with Gasteiger partial charge in [0.2, 0.25) is 17.7 Å². The van der Waals surface area contributed by atoms with Crippen molar-refractivity contribution in [3.63, 3.8) is 0 Å². The topological polar surface area (TPSA) is 165 Å². The number of aliphatic hydroxyl groups excluding tert-OH is 1. The van der Waals surface area contributed by atoms with Crippen LogP contribution in [0, 0.1) is 5.92 Å². The molecule has 5 atom stereocenters. The summed E-state index contributed by atoms with van der Waals surface area (Å²) >= 11 is 0. The van der Waals surface area contributed by atoms with E-state index in [9.17, 15) is 29.1 Å². The smallest absolute Gasteiger partial charge is 0.303 e. The summed E-state index contributed by atoms with van der Waals surface area (Å²) in [7, 11) is 0. The van der Waals surface area contributed by atoms with E-state index in [1.54, 1.807) is 11.8 Å². The fourth-order valence-electron chi connectivity index (χ4n) is 3.95. The third-order valence-corrected chi connectivity index (χ3v) is 5.70. The van der Waals surface area contributed by atoms with E-state index in [0.717, 1.165) is 0 Å². The van der Waals surface area contributed by atoms with Gasteiger partial charge in [-0.3, -0.25) is 28.9 Å². The number of likely N-dealkylation sites (tertiary alicyclic amines) is 1. The molecule has 1 fully saturated rings. The van der Waals surface area contributed by atoms with E-state index in [0.29, 0.717) is 12.8 Å². The Morgan fingerprint density at radius 3 is 2.21 bits per heavy atom. The van der Waals surface area contributed by atoms with Crippen molar-refractivity contribution < 1.29 is 34.2 Å². The van der Waals surface area contributed by atoms with Crippen molar-refractivity contribution in [2.75, 3.05) is 6.54 Å². The number of nitrogens with one attached hydrogen (secondary N) is 3. The van der Waals surface area contributed by atoms with Gasteiger partial charge in [-0.25, -0.2) is 0 Å². The van der Waals surface area contributed by atoms with Gasteiger partial charge in [-0.1, -0.05) is 13.8 Å². The quantitative estimate of drug-likeness (QED) is 0.246. The summed E-state index contributed by atoms with van der Waals surface area (Å²) in [6, 6.07) is -2.08. The summed E-state index contributed by atoms with van der Waals surface area (Å²) in [5.74, 6) is -2.16. The zero-order chi connectivity index (χ0) is 25.3. The van der Waals surface area contributed by atoms with Gasteiger partial charge in [0.25, 0.3) is 0 Å². The van der Waals surface area contributed by atoms with Gasteiger partial charge < -0.3 is 26.2 Å². The molecule has 1 heterocycles. The van der Waals surface area contributed by atoms with Crippen LogP contribution in [0.1, 0.15) is 66.7 Å². The van der Waals surface area contributed by atoms with Crippen molar-refractivity contribution in [1.82, 2.24) is 20.9 Å². The zero-order valence-electron chi connectivity index (χ0n) is 20.1. The van der Waals surface area contributed by atoms with Crippen LogP contribution in [0.4, 0.5) is 0 Å². The third kappa shape index (κ3) is 9.47. The van der Waals surface area contributed by atoms with E-state index >= 15 is 0 Å². The molecule has 0 aliphatic carbocycles. The highest BCUT2D eigenvalue weighted by molar-refractivity contribution is 5.89. The lowest BCUT2D eigenvalue weighted by molar-refractivity contribution is -0.139. The lowest BCUT2D eigenvalue weighted by atomic mass is 10.0. The predicted molar refractivity (Wildman–Crippen MR) is 120 cm³/mol. The summed E-state index contributed by atoms with van der Waals surface area (Å²) in [5.41, 5.74) is 0. The second kappa shape index (κ2) is 13.2. The van der Waals surface area contributed by atoms with Crippen LogP contribution in [0.3, 0.4) is 0 Å². The predicted octanol–water partition coefficient (Wildman–Crippen LogP) is -0.237. The molecule has 0 aromatic carbocycles. The molecule has 0 radical (unpaired) electrons. The molecule has 0 aromatic heterocycles. The summed E-state index contributed by atoms with van der Waals surface area (Å²) in [6.45, 7) is 8.91. The van der Waals surface area contributed by atoms with Crippen molar-refractivity contribution in [2.45, 2.75) is 97.1 Å². The van der Waals surface area contributed by atoms with Crippen molar-refractivity contribution in [3.8, 4) is 0 Å². The van der Waals surface area contributed by atoms with Crippen molar-refractivity contribution in [1.29, 1.82) is 0 Å². The molecule has 1 saturated heterocycles. The largest absolute Gasteiger partial charge is 0.481 e. The van der Waals surface area contributed by atoms with E-state index < -0.39 is 36.2 Å². The number of hydrogen-bond donors (Lipinski definition) is 5. The van der Waals surface area contributed by atoms with Crippen LogP contribution in [0.5, 0.6) is 0 Å². The molecule has 0 aromatic rings. The van der Waals surface area contributed by atoms with E-state index in [2.05, 4.69) is 16.0 Å². The fourth-order valence-corrected chi connectivity index (χ4v) is 3.95. The fraction of sp³-hybridized carbons (Fsp3) is 0.773. The molecule has 3 amide bonds. The highest BCUT2D eigenvalue weighted by Gasteiger charge is 2.43. The number of Topliss-reactive ketones (excluding diaryl/α,β-unsaturated/α-hetero) is 1. The van der Waals surface area contributed by atoms with Crippen molar-refractivity contribution >= 4 is 29.5 Å². The number of amides is 3. The van der Waals surface area contributed by atoms with E-state index in [1.165, 1.54) is 6.92 Å². The minimum atomic E-state index is -1.09. The van der Waals surface area contributed by atoms with Gasteiger partial charge in [-0.2, -0.15) is 0 Å². The Morgan fingerprint density at radius 2 is 1.67 bits per heavy atom. The first-order chi connectivity index (χ1) is 15.3. The van der Waals surface area contributed by atoms with E-state index in [-0.39, 0.29) is 55.4 Å². The molecule has 1 aliphatic rings. The first-order valence-electron chi connectivity index (χ1n) is 11.4. The average Bonchev–Trinajstić information content (AvgIpc) is 2.97. The number of rotatable bonds is 13. The summed E-state index contributed by atoms with van der Waals surface area (Å²) in [6.07, 6.45) is -0.601. The van der Waals surface area contributed by atoms with Crippen LogP contribution in [-0.4, -0.2) is 81.5 Å². The first-order valence-corrected chi connectivity index (χ1v) is 11.4. The molecular formula is C22H38N4O7. The number of nitrogens with zero attached hydrogens (tertiary/aromatic N) is 1. The molecule has 11 heteroatoms. The summed E-state index contributed by atoms with van der Waals surface area (Å²) in [4.78, 5) is 60.5. The highest BCUT2D eigenvalue weighted by atomic mass is 16.4. The molecule has 5 unspecified atom stereocenters. The number of carbonyl (C=O) groups excluding carboxylic acids is 4. The van der Waals surface area contributed by atoms with Gasteiger partial charge >= 0.3 is 5.97 Å². The van der Waals surface area contributed by atoms with Gasteiger partial charge in [0.15, 0.2) is 5.78 Å². The van der Waals surface area contributed by atoms with Crippen molar-refractivity contribution in [2.24, 2.45) is 5.92 Å². The standard InChI is InChI=1S/C22H38N4O7/c1-12(2)10-16(15(5)27)25-21(32)14(4)26-13(3)11-17(22(26)33)24-19(29)8-9-23-18(28)6-7-20(30)31/h12-14,16-17,22,33H,6-11H2,1-5H3,(H,23,28)(H,24,29)(H,25,32)(H,30,31). The number of ketones is 1. The number of carboxylic acid groups (broad SMARTS) is 1. The van der Waals surface area contributed by atoms with Crippen LogP contribution < -0.4 is 16.0 Å². The Hall–Kier alpha value is -2.53. The molecule has 188 valence electrons. The molecule has 11 nitrogen and oxygen atoms in total. The number of hydrogen-bond acceptors (Lipinski definition) is 7. The van der Waals surface area contributed by atoms with Crippen LogP contribution in [-0.2, 0) is 24.0 Å². The number of aliphatic hydroxyl groups is 1. The maximum atomic E-state index is 12.8. The molecule has 0 bridgehead atoms. The third-order valence-electron chi connectivity index (χ3n) is 5.70. The van der Waals surface area contributed by atoms with Gasteiger partial charge in [-0.05, 0) is 39.5 Å². The second-order valence-electron chi connectivity index (χ2n) is 9.09. The van der Waals surface area contributed by atoms with E-state index in [1.807, 2.05) is 20.8 Å². The molecule has 33 heavy (non-hydrogen) atoms. The lowest BCUT2D eigenvalue weighted by Gasteiger charge is -2.32. The molecule has 1 rings (SSSR count). The van der Waals surface area contributed by atoms with Crippen LogP contribution in [0.2, 0.25) is 0 Å². The Morgan fingerprint density at radius 1 is 1.03 bits per heavy atom. The van der Waals surface area contributed by atoms with Gasteiger partial charge in [0.1, 0.15) is 6.23 Å². The van der Waals surface area contributed by atoms with E-state index in [4.69, 9.17) is 5.11 Å². The monoisotopic (exact) mass is 470 g/mol. The molecule has 1 aliphatic heterocycles. The molecule has 0 saturated carbocycles. The minimum absolute atomic E-state index is 0.0258. The Bertz CT molecular complexity index is 728. The number of carboxylic acids is 1. The summed E-state index contributed by atoms with van der Waals surface area (Å²) < 4.78 is 0. The van der Waals surface area contributed by atoms with Crippen LogP contribution in [0.15, 0.2) is 0 Å². The zero-order valence-corrected chi connectivity index (χ0v) is 20.1. The maximum absolute atomic E-state index is 12.8. The number of carbonyl (C=O) groups is 5. The summed E-state index contributed by atoms with van der Waals surface area (Å²) in [5, 5.41) is 27.3. The average molecular weight is 471 g/mol. The highest BCUT2D eigenvalue weighted by Crippen LogP contribution is 2.26. The van der Waals surface area contributed by atoms with Gasteiger partial charge in [0.05, 0.1) is 24.5 Å². The van der Waals surface area contributed by atoms with Crippen molar-refractivity contribution in [3.05, 3.63) is 0 Å². The van der Waals surface area contributed by atoms with Crippen LogP contribution >= 0.6 is 0 Å². The Balaban J connectivity index is 2.58. The van der Waals surface area contributed by atoms with Crippen LogP contribution in [0.25, 0.3) is 0 Å². The molecular weight excluding hydrogens is 432 g/mol.